The molecule has 0 bridgehead atoms. The van der Waals surface area contributed by atoms with Gasteiger partial charge in [0.05, 0.1) is 0 Å². The Morgan fingerprint density at radius 2 is 2.12 bits per heavy atom. The van der Waals surface area contributed by atoms with Crippen molar-refractivity contribution >= 4 is 11.6 Å². The second-order valence-corrected chi connectivity index (χ2v) is 4.32. The van der Waals surface area contributed by atoms with E-state index >= 15 is 0 Å². The van der Waals surface area contributed by atoms with Gasteiger partial charge in [0.2, 0.25) is 0 Å². The Morgan fingerprint density at radius 1 is 1.35 bits per heavy atom. The summed E-state index contributed by atoms with van der Waals surface area (Å²) in [7, 11) is 0. The molecule has 6 heteroatoms. The number of aromatic nitrogens is 1. The van der Waals surface area contributed by atoms with Gasteiger partial charge >= 0.3 is 6.18 Å². The first kappa shape index (κ1) is 12.6. The molecule has 0 amide bonds. The first-order chi connectivity index (χ1) is 7.98. The number of nitrogens with zero attached hydrogens (tertiary/aromatic N) is 2. The molecule has 1 aliphatic heterocycles. The van der Waals surface area contributed by atoms with Crippen molar-refractivity contribution < 1.29 is 13.2 Å². The van der Waals surface area contributed by atoms with Crippen LogP contribution in [0.2, 0.25) is 5.15 Å². The highest BCUT2D eigenvalue weighted by molar-refractivity contribution is 6.29. The largest absolute Gasteiger partial charge is 0.408 e. The monoisotopic (exact) mass is 263 g/mol. The molecular weight excluding hydrogens is 253 g/mol. The van der Waals surface area contributed by atoms with E-state index in [1.54, 1.807) is 0 Å². The number of hydrogen-bond donors (Lipinski definition) is 0. The summed E-state index contributed by atoms with van der Waals surface area (Å²) in [5, 5.41) is 0.197. The van der Waals surface area contributed by atoms with Crippen molar-refractivity contribution in [2.24, 2.45) is 0 Å². The molecule has 1 radical (unpaired) electrons. The Labute approximate surface area is 102 Å². The summed E-state index contributed by atoms with van der Waals surface area (Å²) in [5.74, 6) is 0. The quantitative estimate of drug-likeness (QED) is 0.762. The summed E-state index contributed by atoms with van der Waals surface area (Å²) in [6.45, 7) is 0.777. The summed E-state index contributed by atoms with van der Waals surface area (Å²) in [6.07, 6.45) is -0.567. The van der Waals surface area contributed by atoms with Crippen molar-refractivity contribution in [1.29, 1.82) is 0 Å². The second-order valence-electron chi connectivity index (χ2n) is 3.93. The van der Waals surface area contributed by atoms with E-state index in [1.807, 2.05) is 6.42 Å². The molecule has 0 saturated carbocycles. The van der Waals surface area contributed by atoms with Crippen LogP contribution in [-0.4, -0.2) is 29.1 Å². The molecule has 2 rings (SSSR count). The van der Waals surface area contributed by atoms with Crippen LogP contribution in [0.15, 0.2) is 18.3 Å². The van der Waals surface area contributed by atoms with Crippen LogP contribution < -0.4 is 0 Å². The lowest BCUT2D eigenvalue weighted by molar-refractivity contribution is -0.183. The van der Waals surface area contributed by atoms with Gasteiger partial charge in [-0.3, -0.25) is 4.90 Å². The van der Waals surface area contributed by atoms with Crippen molar-refractivity contribution in [1.82, 2.24) is 9.88 Å². The van der Waals surface area contributed by atoms with E-state index in [-0.39, 0.29) is 10.7 Å². The van der Waals surface area contributed by atoms with Crippen LogP contribution >= 0.6 is 11.6 Å². The fraction of sp³-hybridized carbons (Fsp3) is 0.455. The summed E-state index contributed by atoms with van der Waals surface area (Å²) in [5.41, 5.74) is 0.136. The molecule has 2 nitrogen and oxygen atoms in total. The number of halogens is 4. The molecule has 1 aromatic rings. The zero-order valence-corrected chi connectivity index (χ0v) is 9.67. The standard InChI is InChI=1S/C11H11ClF3N2/c12-9-4-3-8(7-16-9)10(11(13,14)15)17-5-1-2-6-17/h1,3-4,7,10H,2,5-6H2/t10-/m1/s1. The molecular formula is C11H11ClF3N2. The minimum absolute atomic E-state index is 0.136. The van der Waals surface area contributed by atoms with E-state index in [9.17, 15) is 13.2 Å². The smallest absolute Gasteiger partial charge is 0.288 e. The number of pyridine rings is 1. The SMILES string of the molecule is FC(F)(F)[C@@H](c1ccc(Cl)nc1)N1C[CH]CC1. The highest BCUT2D eigenvalue weighted by atomic mass is 35.5. The third-order valence-electron chi connectivity index (χ3n) is 2.73. The number of alkyl halides is 3. The first-order valence-electron chi connectivity index (χ1n) is 5.22. The van der Waals surface area contributed by atoms with E-state index in [0.29, 0.717) is 19.5 Å². The van der Waals surface area contributed by atoms with Gasteiger partial charge in [-0.15, -0.1) is 0 Å². The van der Waals surface area contributed by atoms with E-state index in [4.69, 9.17) is 11.6 Å². The Balaban J connectivity index is 2.29. The molecule has 0 aromatic carbocycles. The molecule has 0 unspecified atom stereocenters. The predicted octanol–water partition coefficient (Wildman–Crippen LogP) is 3.25. The third kappa shape index (κ3) is 2.90. The number of rotatable bonds is 2. The zero-order valence-electron chi connectivity index (χ0n) is 8.91. The normalized spacial score (nSPS) is 19.5. The van der Waals surface area contributed by atoms with Gasteiger partial charge in [-0.05, 0) is 31.0 Å². The Bertz CT molecular complexity index is 371. The number of likely N-dealkylation sites (tertiary alicyclic amines) is 1. The van der Waals surface area contributed by atoms with Crippen molar-refractivity contribution in [3.05, 3.63) is 35.5 Å². The molecule has 0 aliphatic carbocycles. The van der Waals surface area contributed by atoms with E-state index in [2.05, 4.69) is 4.98 Å². The Kier molecular flexibility index (Phi) is 3.58. The average Bonchev–Trinajstić information content (AvgIpc) is 2.72. The molecule has 1 aromatic heterocycles. The van der Waals surface area contributed by atoms with Crippen LogP contribution in [0.5, 0.6) is 0 Å². The second kappa shape index (κ2) is 4.82. The fourth-order valence-corrected chi connectivity index (χ4v) is 2.11. The molecule has 0 N–H and O–H groups in total. The minimum Gasteiger partial charge on any atom is -0.288 e. The van der Waals surface area contributed by atoms with E-state index in [0.717, 1.165) is 0 Å². The van der Waals surface area contributed by atoms with Gasteiger partial charge in [-0.25, -0.2) is 4.98 Å². The van der Waals surface area contributed by atoms with Crippen LogP contribution in [0, 0.1) is 6.42 Å². The Morgan fingerprint density at radius 3 is 2.59 bits per heavy atom. The number of hydrogen-bond acceptors (Lipinski definition) is 2. The van der Waals surface area contributed by atoms with Gasteiger partial charge in [0.25, 0.3) is 0 Å². The van der Waals surface area contributed by atoms with Gasteiger partial charge in [-0.2, -0.15) is 13.2 Å². The maximum Gasteiger partial charge on any atom is 0.408 e. The summed E-state index contributed by atoms with van der Waals surface area (Å²) < 4.78 is 39.1. The average molecular weight is 264 g/mol. The van der Waals surface area contributed by atoms with Crippen LogP contribution in [0.3, 0.4) is 0 Å². The fourth-order valence-electron chi connectivity index (χ4n) is 2.00. The van der Waals surface area contributed by atoms with Crippen molar-refractivity contribution in [3.63, 3.8) is 0 Å². The minimum atomic E-state index is -4.30. The van der Waals surface area contributed by atoms with Gasteiger partial charge in [-0.1, -0.05) is 17.7 Å². The molecule has 17 heavy (non-hydrogen) atoms. The maximum atomic E-state index is 13.0. The van der Waals surface area contributed by atoms with Crippen molar-refractivity contribution in [3.8, 4) is 0 Å². The molecule has 93 valence electrons. The topological polar surface area (TPSA) is 16.1 Å². The molecule has 1 aliphatic rings. The molecule has 1 saturated heterocycles. The maximum absolute atomic E-state index is 13.0. The van der Waals surface area contributed by atoms with E-state index < -0.39 is 12.2 Å². The lowest BCUT2D eigenvalue weighted by atomic mass is 10.1. The summed E-state index contributed by atoms with van der Waals surface area (Å²) >= 11 is 5.58. The van der Waals surface area contributed by atoms with E-state index in [1.165, 1.54) is 23.2 Å². The lowest BCUT2D eigenvalue weighted by Crippen LogP contribution is -2.36. The van der Waals surface area contributed by atoms with Gasteiger partial charge < -0.3 is 0 Å². The zero-order chi connectivity index (χ0) is 12.5. The molecule has 0 spiro atoms. The molecule has 1 atom stereocenters. The van der Waals surface area contributed by atoms with Gasteiger partial charge in [0, 0.05) is 12.7 Å². The predicted molar refractivity (Wildman–Crippen MR) is 58.5 cm³/mol. The van der Waals surface area contributed by atoms with Crippen molar-refractivity contribution in [2.75, 3.05) is 13.1 Å². The molecule has 2 heterocycles. The van der Waals surface area contributed by atoms with Crippen molar-refractivity contribution in [2.45, 2.75) is 18.6 Å². The van der Waals surface area contributed by atoms with Crippen LogP contribution in [0.25, 0.3) is 0 Å². The lowest BCUT2D eigenvalue weighted by Gasteiger charge is -2.29. The highest BCUT2D eigenvalue weighted by Crippen LogP contribution is 2.39. The summed E-state index contributed by atoms with van der Waals surface area (Å²) in [6, 6.07) is 1.17. The van der Waals surface area contributed by atoms with Gasteiger partial charge in [0.15, 0.2) is 0 Å². The summed E-state index contributed by atoms with van der Waals surface area (Å²) in [4.78, 5) is 5.11. The first-order valence-corrected chi connectivity index (χ1v) is 5.60. The Hall–Kier alpha value is -0.810. The van der Waals surface area contributed by atoms with Crippen LogP contribution in [-0.2, 0) is 0 Å². The van der Waals surface area contributed by atoms with Gasteiger partial charge in [0.1, 0.15) is 11.2 Å². The third-order valence-corrected chi connectivity index (χ3v) is 2.95. The highest BCUT2D eigenvalue weighted by Gasteiger charge is 2.45. The van der Waals surface area contributed by atoms with Crippen LogP contribution in [0.4, 0.5) is 13.2 Å². The van der Waals surface area contributed by atoms with Crippen LogP contribution in [0.1, 0.15) is 18.0 Å². The molecule has 1 fully saturated rings.